The summed E-state index contributed by atoms with van der Waals surface area (Å²) >= 11 is 13.4. The van der Waals surface area contributed by atoms with Gasteiger partial charge in [0, 0.05) is 13.0 Å². The van der Waals surface area contributed by atoms with Crippen LogP contribution in [0, 0.1) is 0 Å². The predicted octanol–water partition coefficient (Wildman–Crippen LogP) is 4.93. The Balaban J connectivity index is 1.64. The molecule has 27 heavy (non-hydrogen) atoms. The van der Waals surface area contributed by atoms with Gasteiger partial charge in [0.1, 0.15) is 5.82 Å². The highest BCUT2D eigenvalue weighted by Gasteiger charge is 2.14. The van der Waals surface area contributed by atoms with Gasteiger partial charge in [0.15, 0.2) is 5.16 Å². The first kappa shape index (κ1) is 19.7. The summed E-state index contributed by atoms with van der Waals surface area (Å²) in [6, 6.07) is 15.2. The Morgan fingerprint density at radius 1 is 1.11 bits per heavy atom. The second kappa shape index (κ2) is 9.26. The molecular formula is C19H18Cl2N4OS. The molecule has 1 heterocycles. The molecule has 3 aromatic rings. The van der Waals surface area contributed by atoms with Gasteiger partial charge in [-0.15, -0.1) is 10.2 Å². The number of carbonyl (C=O) groups is 1. The van der Waals surface area contributed by atoms with E-state index < -0.39 is 0 Å². The van der Waals surface area contributed by atoms with E-state index in [1.165, 1.54) is 17.3 Å². The van der Waals surface area contributed by atoms with Crippen LogP contribution in [-0.4, -0.2) is 26.4 Å². The third kappa shape index (κ3) is 5.03. The highest BCUT2D eigenvalue weighted by atomic mass is 35.5. The third-order valence-electron chi connectivity index (χ3n) is 3.87. The summed E-state index contributed by atoms with van der Waals surface area (Å²) in [4.78, 5) is 12.3. The van der Waals surface area contributed by atoms with Crippen LogP contribution in [0.25, 0.3) is 0 Å². The number of thioether (sulfide) groups is 1. The number of benzene rings is 2. The van der Waals surface area contributed by atoms with E-state index in [-0.39, 0.29) is 11.7 Å². The van der Waals surface area contributed by atoms with Crippen molar-refractivity contribution in [3.05, 3.63) is 70.0 Å². The predicted molar refractivity (Wildman–Crippen MR) is 111 cm³/mol. The smallest absolute Gasteiger partial charge is 0.234 e. The Kier molecular flexibility index (Phi) is 6.77. The summed E-state index contributed by atoms with van der Waals surface area (Å²) in [5.41, 5.74) is 1.67. The van der Waals surface area contributed by atoms with Crippen molar-refractivity contribution in [2.45, 2.75) is 25.0 Å². The van der Waals surface area contributed by atoms with E-state index in [9.17, 15) is 4.79 Å². The van der Waals surface area contributed by atoms with Crippen molar-refractivity contribution in [3.8, 4) is 0 Å². The lowest BCUT2D eigenvalue weighted by atomic mass is 10.1. The van der Waals surface area contributed by atoms with Crippen LogP contribution < -0.4 is 5.32 Å². The summed E-state index contributed by atoms with van der Waals surface area (Å²) in [5.74, 6) is 0.899. The number of hydrogen-bond donors (Lipinski definition) is 1. The van der Waals surface area contributed by atoms with Gasteiger partial charge >= 0.3 is 0 Å². The zero-order valence-electron chi connectivity index (χ0n) is 14.7. The lowest BCUT2D eigenvalue weighted by Gasteiger charge is -2.09. The average molecular weight is 421 g/mol. The maximum Gasteiger partial charge on any atom is 0.234 e. The molecule has 0 spiro atoms. The first-order valence-corrected chi connectivity index (χ1v) is 10.1. The molecule has 8 heteroatoms. The maximum atomic E-state index is 12.3. The van der Waals surface area contributed by atoms with Crippen molar-refractivity contribution in [2.24, 2.45) is 0 Å². The summed E-state index contributed by atoms with van der Waals surface area (Å²) < 4.78 is 2.03. The van der Waals surface area contributed by atoms with Crippen LogP contribution >= 0.6 is 35.0 Å². The Morgan fingerprint density at radius 3 is 2.63 bits per heavy atom. The second-order valence-corrected chi connectivity index (χ2v) is 7.47. The van der Waals surface area contributed by atoms with E-state index in [2.05, 4.69) is 27.6 Å². The molecule has 5 nitrogen and oxygen atoms in total. The molecule has 0 unspecified atom stereocenters. The van der Waals surface area contributed by atoms with Crippen LogP contribution in [0.15, 0.2) is 53.7 Å². The largest absolute Gasteiger partial charge is 0.324 e. The molecule has 1 amide bonds. The number of halogens is 2. The number of hydrogen-bond acceptors (Lipinski definition) is 4. The first-order chi connectivity index (χ1) is 13.1. The van der Waals surface area contributed by atoms with Crippen LogP contribution in [-0.2, 0) is 17.8 Å². The zero-order valence-corrected chi connectivity index (χ0v) is 17.0. The van der Waals surface area contributed by atoms with Gasteiger partial charge in [0.2, 0.25) is 5.91 Å². The van der Waals surface area contributed by atoms with Gasteiger partial charge in [-0.1, -0.05) is 71.4 Å². The van der Waals surface area contributed by atoms with Gasteiger partial charge in [-0.2, -0.15) is 0 Å². The van der Waals surface area contributed by atoms with Crippen LogP contribution in [0.3, 0.4) is 0 Å². The number of aromatic nitrogens is 3. The minimum atomic E-state index is -0.181. The highest BCUT2D eigenvalue weighted by molar-refractivity contribution is 7.99. The van der Waals surface area contributed by atoms with E-state index >= 15 is 0 Å². The van der Waals surface area contributed by atoms with Gasteiger partial charge in [0.25, 0.3) is 0 Å². The molecule has 0 atom stereocenters. The highest BCUT2D eigenvalue weighted by Crippen LogP contribution is 2.29. The molecule has 3 rings (SSSR count). The number of carbonyl (C=O) groups excluding carboxylic acids is 1. The Labute approximate surface area is 172 Å². The molecule has 140 valence electrons. The Bertz CT molecular complexity index is 931. The van der Waals surface area contributed by atoms with Gasteiger partial charge < -0.3 is 9.88 Å². The maximum absolute atomic E-state index is 12.3. The molecule has 0 radical (unpaired) electrons. The lowest BCUT2D eigenvalue weighted by molar-refractivity contribution is -0.113. The number of rotatable bonds is 7. The van der Waals surface area contributed by atoms with Gasteiger partial charge in [-0.3, -0.25) is 4.79 Å². The topological polar surface area (TPSA) is 59.8 Å². The van der Waals surface area contributed by atoms with Gasteiger partial charge in [-0.05, 0) is 24.6 Å². The minimum Gasteiger partial charge on any atom is -0.324 e. The standard InChI is InChI=1S/C19H18Cl2N4OS/c1-2-25-16(11-13-7-4-3-5-8-13)23-24-19(25)27-12-17(26)22-15-10-6-9-14(20)18(15)21/h3-10H,2,11-12H2,1H3,(H,22,26). The molecule has 0 saturated carbocycles. The van der Waals surface area contributed by atoms with Crippen LogP contribution in [0.4, 0.5) is 5.69 Å². The Morgan fingerprint density at radius 2 is 1.89 bits per heavy atom. The number of nitrogens with zero attached hydrogens (tertiary/aromatic N) is 3. The average Bonchev–Trinajstić information content (AvgIpc) is 3.06. The van der Waals surface area contributed by atoms with Crippen molar-refractivity contribution in [3.63, 3.8) is 0 Å². The van der Waals surface area contributed by atoms with E-state index in [1.54, 1.807) is 18.2 Å². The first-order valence-electron chi connectivity index (χ1n) is 8.41. The fourth-order valence-corrected chi connectivity index (χ4v) is 3.74. The number of nitrogens with one attached hydrogen (secondary N) is 1. The SMILES string of the molecule is CCn1c(Cc2ccccc2)nnc1SCC(=O)Nc1cccc(Cl)c1Cl. The van der Waals surface area contributed by atoms with E-state index in [0.717, 1.165) is 17.5 Å². The molecule has 1 aromatic heterocycles. The van der Waals surface area contributed by atoms with E-state index in [1.807, 2.05) is 29.7 Å². The second-order valence-electron chi connectivity index (χ2n) is 5.74. The van der Waals surface area contributed by atoms with Gasteiger partial charge in [0.05, 0.1) is 21.5 Å². The summed E-state index contributed by atoms with van der Waals surface area (Å²) in [6.45, 7) is 2.77. The molecule has 0 aliphatic heterocycles. The fourth-order valence-electron chi connectivity index (χ4n) is 2.57. The minimum absolute atomic E-state index is 0.181. The molecule has 1 N–H and O–H groups in total. The monoisotopic (exact) mass is 420 g/mol. The van der Waals surface area contributed by atoms with Crippen molar-refractivity contribution in [1.82, 2.24) is 14.8 Å². The molecule has 2 aromatic carbocycles. The third-order valence-corrected chi connectivity index (χ3v) is 5.66. The van der Waals surface area contributed by atoms with Crippen LogP contribution in [0.2, 0.25) is 10.0 Å². The van der Waals surface area contributed by atoms with Crippen LogP contribution in [0.5, 0.6) is 0 Å². The number of anilines is 1. The molecule has 0 saturated heterocycles. The normalized spacial score (nSPS) is 10.8. The quantitative estimate of drug-likeness (QED) is 0.550. The molecule has 0 fully saturated rings. The van der Waals surface area contributed by atoms with Gasteiger partial charge in [-0.25, -0.2) is 0 Å². The van der Waals surface area contributed by atoms with E-state index in [4.69, 9.17) is 23.2 Å². The zero-order chi connectivity index (χ0) is 19.2. The van der Waals surface area contributed by atoms with Crippen molar-refractivity contribution >= 4 is 46.6 Å². The summed E-state index contributed by atoms with van der Waals surface area (Å²) in [6.07, 6.45) is 0.701. The molecular weight excluding hydrogens is 403 g/mol. The van der Waals surface area contributed by atoms with E-state index in [0.29, 0.717) is 22.2 Å². The van der Waals surface area contributed by atoms with Crippen molar-refractivity contribution < 1.29 is 4.79 Å². The van der Waals surface area contributed by atoms with Crippen LogP contribution in [0.1, 0.15) is 18.3 Å². The summed E-state index contributed by atoms with van der Waals surface area (Å²) in [7, 11) is 0. The molecule has 0 aliphatic carbocycles. The lowest BCUT2D eigenvalue weighted by Crippen LogP contribution is -2.15. The molecule has 0 bridgehead atoms. The summed E-state index contributed by atoms with van der Waals surface area (Å²) in [5, 5.41) is 12.8. The van der Waals surface area contributed by atoms with Crippen molar-refractivity contribution in [1.29, 1.82) is 0 Å². The fraction of sp³-hybridized carbons (Fsp3) is 0.211. The Hall–Kier alpha value is -2.02. The van der Waals surface area contributed by atoms with Crippen molar-refractivity contribution in [2.75, 3.05) is 11.1 Å². The molecule has 0 aliphatic rings. The number of amides is 1.